The number of Topliss-reactive ketones (excluding diaryl/α,β-unsaturated/α-hetero) is 1. The van der Waals surface area contributed by atoms with Gasteiger partial charge in [-0.3, -0.25) is 9.48 Å². The average Bonchev–Trinajstić information content (AvgIpc) is 2.43. The molecule has 1 aromatic heterocycles. The Bertz CT molecular complexity index is 479. The van der Waals surface area contributed by atoms with Crippen molar-refractivity contribution < 1.29 is 18.0 Å². The Kier molecular flexibility index (Phi) is 3.78. The molecule has 0 saturated heterocycles. The van der Waals surface area contributed by atoms with Gasteiger partial charge in [-0.25, -0.2) is 0 Å². The van der Waals surface area contributed by atoms with Crippen LogP contribution in [0.2, 0.25) is 5.15 Å². The highest BCUT2D eigenvalue weighted by molar-refractivity contribution is 6.30. The molecule has 102 valence electrons. The van der Waals surface area contributed by atoms with Crippen LogP contribution in [0, 0.1) is 6.92 Å². The molecular formula is C10H13ClF3N3O. The topological polar surface area (TPSA) is 60.9 Å². The van der Waals surface area contributed by atoms with Gasteiger partial charge in [-0.2, -0.15) is 18.3 Å². The molecule has 0 aromatic carbocycles. The predicted molar refractivity (Wildman–Crippen MR) is 60.3 cm³/mol. The molecule has 18 heavy (non-hydrogen) atoms. The first kappa shape index (κ1) is 15.0. The zero-order valence-corrected chi connectivity index (χ0v) is 10.9. The van der Waals surface area contributed by atoms with Gasteiger partial charge in [-0.15, -0.1) is 0 Å². The first-order valence-corrected chi connectivity index (χ1v) is 5.43. The Morgan fingerprint density at radius 1 is 1.50 bits per heavy atom. The summed E-state index contributed by atoms with van der Waals surface area (Å²) < 4.78 is 39.1. The number of ketones is 1. The van der Waals surface area contributed by atoms with E-state index in [1.165, 1.54) is 11.7 Å². The van der Waals surface area contributed by atoms with Crippen molar-refractivity contribution in [2.24, 2.45) is 12.8 Å². The fourth-order valence-corrected chi connectivity index (χ4v) is 1.62. The second-order valence-corrected chi connectivity index (χ2v) is 4.64. The number of carbonyl (C=O) groups excluding carboxylic acids is 1. The molecule has 2 N–H and O–H groups in total. The number of nitrogens with zero attached hydrogens (tertiary/aromatic N) is 2. The minimum absolute atomic E-state index is 0.138. The van der Waals surface area contributed by atoms with E-state index in [2.05, 4.69) is 5.10 Å². The van der Waals surface area contributed by atoms with E-state index in [0.29, 0.717) is 12.6 Å². The number of hydrogen-bond acceptors (Lipinski definition) is 3. The number of carbonyl (C=O) groups is 1. The van der Waals surface area contributed by atoms with Gasteiger partial charge in [0.05, 0.1) is 5.69 Å². The van der Waals surface area contributed by atoms with Crippen LogP contribution in [-0.4, -0.2) is 27.3 Å². The van der Waals surface area contributed by atoms with E-state index >= 15 is 0 Å². The second-order valence-electron chi connectivity index (χ2n) is 4.28. The van der Waals surface area contributed by atoms with Crippen molar-refractivity contribution in [2.75, 3.05) is 0 Å². The second kappa shape index (κ2) is 4.55. The summed E-state index contributed by atoms with van der Waals surface area (Å²) >= 11 is 5.85. The van der Waals surface area contributed by atoms with Crippen molar-refractivity contribution in [2.45, 2.75) is 32.0 Å². The van der Waals surface area contributed by atoms with Gasteiger partial charge in [0.15, 0.2) is 11.3 Å². The van der Waals surface area contributed by atoms with Gasteiger partial charge >= 0.3 is 6.18 Å². The summed E-state index contributed by atoms with van der Waals surface area (Å²) in [5, 5.41) is 4.06. The van der Waals surface area contributed by atoms with Crippen molar-refractivity contribution in [3.63, 3.8) is 0 Å². The van der Waals surface area contributed by atoms with Crippen molar-refractivity contribution >= 4 is 17.4 Å². The standard InChI is InChI=1S/C10H13ClF3N3O/c1-5-6(8(11)17(3)16-5)4-7(18)9(2,15)10(12,13)14/h4,15H2,1-3H3. The van der Waals surface area contributed by atoms with Gasteiger partial charge < -0.3 is 5.73 Å². The number of alkyl halides is 3. The zero-order chi connectivity index (χ0) is 14.3. The summed E-state index contributed by atoms with van der Waals surface area (Å²) in [5.41, 5.74) is 2.84. The van der Waals surface area contributed by atoms with Crippen LogP contribution in [0.4, 0.5) is 13.2 Å². The minimum Gasteiger partial charge on any atom is -0.312 e. The molecule has 8 heteroatoms. The molecule has 4 nitrogen and oxygen atoms in total. The summed E-state index contributed by atoms with van der Waals surface area (Å²) in [5.74, 6) is -1.15. The number of hydrogen-bond donors (Lipinski definition) is 1. The summed E-state index contributed by atoms with van der Waals surface area (Å²) in [6.45, 7) is 2.21. The highest BCUT2D eigenvalue weighted by Gasteiger charge is 2.53. The average molecular weight is 284 g/mol. The molecule has 1 aromatic rings. The van der Waals surface area contributed by atoms with Crippen LogP contribution >= 0.6 is 11.6 Å². The molecule has 0 aliphatic rings. The van der Waals surface area contributed by atoms with Gasteiger partial charge in [0, 0.05) is 19.0 Å². The Morgan fingerprint density at radius 2 is 2.00 bits per heavy atom. The van der Waals surface area contributed by atoms with Crippen molar-refractivity contribution in [3.8, 4) is 0 Å². The van der Waals surface area contributed by atoms with Gasteiger partial charge in [0.1, 0.15) is 5.15 Å². The molecule has 0 aliphatic carbocycles. The molecule has 0 radical (unpaired) electrons. The molecule has 0 bridgehead atoms. The molecule has 1 unspecified atom stereocenters. The van der Waals surface area contributed by atoms with Crippen molar-refractivity contribution in [1.29, 1.82) is 0 Å². The zero-order valence-electron chi connectivity index (χ0n) is 10.1. The molecule has 0 spiro atoms. The molecule has 0 saturated carbocycles. The fourth-order valence-electron chi connectivity index (χ4n) is 1.38. The highest BCUT2D eigenvalue weighted by atomic mass is 35.5. The lowest BCUT2D eigenvalue weighted by Gasteiger charge is -2.25. The van der Waals surface area contributed by atoms with Crippen LogP contribution in [0.15, 0.2) is 0 Å². The van der Waals surface area contributed by atoms with E-state index in [4.69, 9.17) is 17.3 Å². The normalized spacial score (nSPS) is 15.6. The third-order valence-corrected chi connectivity index (χ3v) is 3.25. The smallest absolute Gasteiger partial charge is 0.312 e. The van der Waals surface area contributed by atoms with Crippen LogP contribution < -0.4 is 5.73 Å². The third kappa shape index (κ3) is 2.51. The highest BCUT2D eigenvalue weighted by Crippen LogP contribution is 2.30. The fraction of sp³-hybridized carbons (Fsp3) is 0.600. The summed E-state index contributed by atoms with van der Waals surface area (Å²) in [7, 11) is 1.54. The lowest BCUT2D eigenvalue weighted by Crippen LogP contribution is -2.57. The van der Waals surface area contributed by atoms with Crippen LogP contribution in [0.3, 0.4) is 0 Å². The van der Waals surface area contributed by atoms with Crippen LogP contribution in [0.1, 0.15) is 18.2 Å². The Hall–Kier alpha value is -1.08. The van der Waals surface area contributed by atoms with Gasteiger partial charge in [0.2, 0.25) is 0 Å². The molecule has 0 aliphatic heterocycles. The number of rotatable bonds is 3. The molecule has 1 heterocycles. The first-order chi connectivity index (χ1) is 7.98. The van der Waals surface area contributed by atoms with E-state index in [0.717, 1.165) is 0 Å². The monoisotopic (exact) mass is 283 g/mol. The quantitative estimate of drug-likeness (QED) is 0.920. The Morgan fingerprint density at radius 3 is 2.33 bits per heavy atom. The summed E-state index contributed by atoms with van der Waals surface area (Å²) in [6, 6.07) is 0. The SMILES string of the molecule is Cc1nn(C)c(Cl)c1CC(=O)C(C)(N)C(F)(F)F. The molecular weight excluding hydrogens is 271 g/mol. The molecule has 1 rings (SSSR count). The largest absolute Gasteiger partial charge is 0.413 e. The van der Waals surface area contributed by atoms with E-state index in [1.54, 1.807) is 6.92 Å². The number of aryl methyl sites for hydroxylation is 2. The van der Waals surface area contributed by atoms with E-state index in [1.807, 2.05) is 0 Å². The summed E-state index contributed by atoms with van der Waals surface area (Å²) in [4.78, 5) is 11.7. The van der Waals surface area contributed by atoms with E-state index in [9.17, 15) is 18.0 Å². The third-order valence-electron chi connectivity index (χ3n) is 2.78. The van der Waals surface area contributed by atoms with Crippen LogP contribution in [0.5, 0.6) is 0 Å². The molecule has 0 fully saturated rings. The van der Waals surface area contributed by atoms with E-state index < -0.39 is 23.9 Å². The van der Waals surface area contributed by atoms with Gasteiger partial charge in [-0.05, 0) is 13.8 Å². The maximum atomic E-state index is 12.6. The van der Waals surface area contributed by atoms with Crippen molar-refractivity contribution in [1.82, 2.24) is 9.78 Å². The van der Waals surface area contributed by atoms with Gasteiger partial charge in [-0.1, -0.05) is 11.6 Å². The number of aromatic nitrogens is 2. The number of halogens is 4. The maximum Gasteiger partial charge on any atom is 0.413 e. The summed E-state index contributed by atoms with van der Waals surface area (Å²) in [6.07, 6.45) is -5.29. The lowest BCUT2D eigenvalue weighted by atomic mass is 9.92. The van der Waals surface area contributed by atoms with Crippen LogP contribution in [-0.2, 0) is 18.3 Å². The predicted octanol–water partition coefficient (Wildman–Crippen LogP) is 1.77. The number of nitrogens with two attached hydrogens (primary N) is 1. The Labute approximate surface area is 107 Å². The first-order valence-electron chi connectivity index (χ1n) is 5.05. The van der Waals surface area contributed by atoms with Crippen molar-refractivity contribution in [3.05, 3.63) is 16.4 Å². The van der Waals surface area contributed by atoms with E-state index in [-0.39, 0.29) is 10.7 Å². The molecule has 1 atom stereocenters. The Balaban J connectivity index is 3.02. The maximum absolute atomic E-state index is 12.6. The van der Waals surface area contributed by atoms with Gasteiger partial charge in [0.25, 0.3) is 0 Å². The minimum atomic E-state index is -4.80. The van der Waals surface area contributed by atoms with Crippen LogP contribution in [0.25, 0.3) is 0 Å². The lowest BCUT2D eigenvalue weighted by molar-refractivity contribution is -0.185. The molecule has 0 amide bonds.